The summed E-state index contributed by atoms with van der Waals surface area (Å²) in [5, 5.41) is 13.3. The Morgan fingerprint density at radius 2 is 2.00 bits per heavy atom. The molecule has 3 heteroatoms. The van der Waals surface area contributed by atoms with E-state index in [-0.39, 0.29) is 20.4 Å². The second-order valence-corrected chi connectivity index (χ2v) is 0.273. The fourth-order valence-electron chi connectivity index (χ4n) is 0. The third-order valence-corrected chi connectivity index (χ3v) is 0.0645. The van der Waals surface area contributed by atoms with Crippen LogP contribution >= 0.6 is 0 Å². The van der Waals surface area contributed by atoms with Crippen LogP contribution in [0.15, 0.2) is 0 Å². The molecule has 0 bridgehead atoms. The zero-order chi connectivity index (χ0) is 3.41. The molecule has 0 spiro atoms. The van der Waals surface area contributed by atoms with Gasteiger partial charge in [-0.15, -0.1) is 0 Å². The number of rotatable bonds is 0. The van der Waals surface area contributed by atoms with Gasteiger partial charge >= 0.3 is 0 Å². The van der Waals surface area contributed by atoms with Crippen LogP contribution in [0.2, 0.25) is 0 Å². The third-order valence-electron chi connectivity index (χ3n) is 0.0645. The minimum atomic E-state index is 0. The van der Waals surface area contributed by atoms with Gasteiger partial charge in [-0.1, -0.05) is 0 Å². The smallest absolute Gasteiger partial charge is 0.111 e. The zero-order valence-corrected chi connectivity index (χ0v) is 3.90. The molecule has 0 saturated heterocycles. The van der Waals surface area contributed by atoms with Crippen LogP contribution in [0.25, 0.3) is 0 Å². The Kier molecular flexibility index (Phi) is 16.2. The van der Waals surface area contributed by atoms with Crippen molar-refractivity contribution in [3.8, 4) is 6.07 Å². The Morgan fingerprint density at radius 3 is 2.00 bits per heavy atom. The molecule has 2 nitrogen and oxygen atoms in total. The van der Waals surface area contributed by atoms with Gasteiger partial charge in [0.05, 0.1) is 6.21 Å². The summed E-state index contributed by atoms with van der Waals surface area (Å²) in [4.78, 5) is 0. The first-order valence-corrected chi connectivity index (χ1v) is 0.801. The molecule has 0 fully saturated rings. The van der Waals surface area contributed by atoms with Gasteiger partial charge in [0.1, 0.15) is 6.07 Å². The summed E-state index contributed by atoms with van der Waals surface area (Å²) >= 11 is 0. The van der Waals surface area contributed by atoms with Gasteiger partial charge in [0.15, 0.2) is 0 Å². The van der Waals surface area contributed by atoms with Crippen LogP contribution in [0.5, 0.6) is 0 Å². The fourth-order valence-corrected chi connectivity index (χ4v) is 0. The number of nitrogens with zero attached hydrogens (tertiary/aromatic N) is 1. The summed E-state index contributed by atoms with van der Waals surface area (Å²) in [5.41, 5.74) is 0. The molecule has 0 aliphatic rings. The van der Waals surface area contributed by atoms with Crippen molar-refractivity contribution >= 4 is 6.21 Å². The van der Waals surface area contributed by atoms with E-state index in [2.05, 4.69) is 0 Å². The van der Waals surface area contributed by atoms with Gasteiger partial charge in [-0.25, -0.2) is 0 Å². The maximum absolute atomic E-state index is 7.38. The van der Waals surface area contributed by atoms with Crippen LogP contribution in [0.1, 0.15) is 0 Å². The van der Waals surface area contributed by atoms with Gasteiger partial charge < -0.3 is 0 Å². The molecule has 0 aromatic carbocycles. The second-order valence-electron chi connectivity index (χ2n) is 0.273. The van der Waals surface area contributed by atoms with Crippen molar-refractivity contribution in [1.29, 1.82) is 10.7 Å². The molecule has 30 valence electrons. The SMILES string of the molecule is N#CC=N.[Pd]. The predicted octanol–water partition coefficient (Wildman–Crippen LogP) is 0.157. The summed E-state index contributed by atoms with van der Waals surface area (Å²) in [7, 11) is 0. The first kappa shape index (κ1) is 8.84. The predicted molar refractivity (Wildman–Crippen MR) is 14.4 cm³/mol. The fraction of sp³-hybridized carbons (Fsp3) is 0. The molecule has 0 aliphatic heterocycles. The van der Waals surface area contributed by atoms with E-state index < -0.39 is 0 Å². The molecule has 1 N–H and O–H groups in total. The maximum Gasteiger partial charge on any atom is 0.111 e. The van der Waals surface area contributed by atoms with Crippen molar-refractivity contribution in [2.45, 2.75) is 0 Å². The molecular weight excluding hydrogens is 158 g/mol. The molecule has 0 amide bonds. The van der Waals surface area contributed by atoms with E-state index in [9.17, 15) is 0 Å². The minimum Gasteiger partial charge on any atom is -0.298 e. The molecule has 0 saturated carbocycles. The quantitative estimate of drug-likeness (QED) is 0.398. The van der Waals surface area contributed by atoms with E-state index in [1.807, 2.05) is 0 Å². The minimum absolute atomic E-state index is 0. The second kappa shape index (κ2) is 9.17. The molecule has 0 unspecified atom stereocenters. The van der Waals surface area contributed by atoms with Crippen LogP contribution in [0, 0.1) is 16.7 Å². The summed E-state index contributed by atoms with van der Waals surface area (Å²) in [5.74, 6) is 0. The number of nitriles is 1. The summed E-state index contributed by atoms with van der Waals surface area (Å²) in [6.45, 7) is 0. The van der Waals surface area contributed by atoms with E-state index in [4.69, 9.17) is 10.7 Å². The molecule has 0 radical (unpaired) electrons. The normalized spacial score (nSPS) is 3.00. The Morgan fingerprint density at radius 1 is 1.80 bits per heavy atom. The van der Waals surface area contributed by atoms with Crippen molar-refractivity contribution in [3.63, 3.8) is 0 Å². The zero-order valence-electron chi connectivity index (χ0n) is 2.34. The monoisotopic (exact) mass is 160 g/mol. The molecule has 0 aromatic heterocycles. The largest absolute Gasteiger partial charge is 0.298 e. The first-order valence-electron chi connectivity index (χ1n) is 0.801. The molecule has 0 heterocycles. The van der Waals surface area contributed by atoms with Crippen molar-refractivity contribution in [2.24, 2.45) is 0 Å². The van der Waals surface area contributed by atoms with E-state index >= 15 is 0 Å². The van der Waals surface area contributed by atoms with Crippen LogP contribution in [0.4, 0.5) is 0 Å². The van der Waals surface area contributed by atoms with Crippen LogP contribution in [-0.2, 0) is 20.4 Å². The molecule has 0 aliphatic carbocycles. The van der Waals surface area contributed by atoms with Crippen LogP contribution in [-0.4, -0.2) is 6.21 Å². The molecule has 5 heavy (non-hydrogen) atoms. The average molecular weight is 160 g/mol. The third kappa shape index (κ3) is 18.8. The molecule has 0 atom stereocenters. The summed E-state index contributed by atoms with van der Waals surface area (Å²) < 4.78 is 0. The van der Waals surface area contributed by atoms with Crippen molar-refractivity contribution in [2.75, 3.05) is 0 Å². The topological polar surface area (TPSA) is 47.6 Å². The van der Waals surface area contributed by atoms with Gasteiger partial charge in [0.25, 0.3) is 0 Å². The molecule has 0 aromatic rings. The van der Waals surface area contributed by atoms with Gasteiger partial charge in [-0.3, -0.25) is 5.41 Å². The van der Waals surface area contributed by atoms with Gasteiger partial charge in [-0.05, 0) is 0 Å². The summed E-state index contributed by atoms with van der Waals surface area (Å²) in [6.07, 6.45) is 0.681. The molecular formula is C2H2N2Pd. The van der Waals surface area contributed by atoms with E-state index in [0.717, 1.165) is 0 Å². The van der Waals surface area contributed by atoms with Gasteiger partial charge in [0.2, 0.25) is 0 Å². The number of hydrogen-bond acceptors (Lipinski definition) is 2. The van der Waals surface area contributed by atoms with Gasteiger partial charge in [-0.2, -0.15) is 5.26 Å². The standard InChI is InChI=1S/C2H2N2.Pd/c3-1-2-4;/h1,3H;. The first-order chi connectivity index (χ1) is 1.91. The molecule has 0 rings (SSSR count). The Hall–Kier alpha value is -0.178. The van der Waals surface area contributed by atoms with E-state index in [0.29, 0.717) is 6.21 Å². The number of nitrogens with one attached hydrogen (secondary N) is 1. The number of hydrogen-bond donors (Lipinski definition) is 1. The van der Waals surface area contributed by atoms with Crippen LogP contribution in [0.3, 0.4) is 0 Å². The van der Waals surface area contributed by atoms with Crippen molar-refractivity contribution < 1.29 is 20.4 Å². The van der Waals surface area contributed by atoms with Crippen LogP contribution < -0.4 is 0 Å². The van der Waals surface area contributed by atoms with E-state index in [1.165, 1.54) is 6.07 Å². The average Bonchev–Trinajstić information content (AvgIpc) is 1.37. The van der Waals surface area contributed by atoms with Gasteiger partial charge in [0, 0.05) is 20.4 Å². The van der Waals surface area contributed by atoms with E-state index in [1.54, 1.807) is 0 Å². The maximum atomic E-state index is 7.38. The van der Waals surface area contributed by atoms with Crippen molar-refractivity contribution in [1.82, 2.24) is 0 Å². The van der Waals surface area contributed by atoms with Crippen molar-refractivity contribution in [3.05, 3.63) is 0 Å². The Balaban J connectivity index is 0. The summed E-state index contributed by atoms with van der Waals surface area (Å²) in [6, 6.07) is 1.47. The Bertz CT molecular complexity index is 53.2. The Labute approximate surface area is 44.0 Å².